The third kappa shape index (κ3) is 6.47. The quantitative estimate of drug-likeness (QED) is 0.318. The maximum absolute atomic E-state index is 12.3. The summed E-state index contributed by atoms with van der Waals surface area (Å²) >= 11 is 0. The molecule has 30 heavy (non-hydrogen) atoms. The lowest BCUT2D eigenvalue weighted by atomic mass is 10.1. The zero-order valence-corrected chi connectivity index (χ0v) is 18.0. The topological polar surface area (TPSA) is 109 Å². The molecule has 0 fully saturated rings. The van der Waals surface area contributed by atoms with E-state index in [9.17, 15) is 14.9 Å². The van der Waals surface area contributed by atoms with Crippen molar-refractivity contribution < 1.29 is 19.2 Å². The Morgan fingerprint density at radius 2 is 2.10 bits per heavy atom. The van der Waals surface area contributed by atoms with Crippen LogP contribution >= 0.6 is 0 Å². The Balaban J connectivity index is 1.92. The van der Waals surface area contributed by atoms with Gasteiger partial charge in [0, 0.05) is 19.9 Å². The molecule has 1 amide bonds. The van der Waals surface area contributed by atoms with Crippen molar-refractivity contribution in [3.05, 3.63) is 45.9 Å². The van der Waals surface area contributed by atoms with E-state index in [4.69, 9.17) is 9.47 Å². The van der Waals surface area contributed by atoms with E-state index in [2.05, 4.69) is 17.2 Å². The molecule has 1 aromatic carbocycles. The van der Waals surface area contributed by atoms with Gasteiger partial charge in [0.15, 0.2) is 11.5 Å². The molecular formula is C21H30N4O5. The first kappa shape index (κ1) is 23.2. The van der Waals surface area contributed by atoms with Crippen LogP contribution in [-0.4, -0.2) is 34.1 Å². The molecular weight excluding hydrogens is 388 g/mol. The van der Waals surface area contributed by atoms with Crippen molar-refractivity contribution in [1.82, 2.24) is 14.9 Å². The molecule has 1 aromatic heterocycles. The van der Waals surface area contributed by atoms with Crippen LogP contribution in [0.5, 0.6) is 11.5 Å². The summed E-state index contributed by atoms with van der Waals surface area (Å²) in [5.74, 6) is 1.45. The number of aromatic nitrogens is 2. The first-order valence-electron chi connectivity index (χ1n) is 10.1. The molecule has 0 aliphatic carbocycles. The fraction of sp³-hybridized carbons (Fsp3) is 0.524. The van der Waals surface area contributed by atoms with Gasteiger partial charge in [0.1, 0.15) is 6.20 Å². The molecule has 2 aromatic rings. The Morgan fingerprint density at radius 1 is 1.33 bits per heavy atom. The van der Waals surface area contributed by atoms with Crippen LogP contribution in [0.25, 0.3) is 0 Å². The number of rotatable bonds is 12. The number of unbranched alkanes of at least 4 members (excludes halogenated alkanes) is 2. The van der Waals surface area contributed by atoms with Gasteiger partial charge in [-0.15, -0.1) is 0 Å². The monoisotopic (exact) mass is 418 g/mol. The van der Waals surface area contributed by atoms with Gasteiger partial charge in [0.2, 0.25) is 11.7 Å². The van der Waals surface area contributed by atoms with Gasteiger partial charge in [-0.05, 0) is 40.9 Å². The Labute approximate surface area is 176 Å². The van der Waals surface area contributed by atoms with Gasteiger partial charge in [-0.2, -0.15) is 0 Å². The molecule has 0 aliphatic rings. The van der Waals surface area contributed by atoms with Gasteiger partial charge in [0.25, 0.3) is 0 Å². The fourth-order valence-electron chi connectivity index (χ4n) is 3.03. The molecule has 9 nitrogen and oxygen atoms in total. The Bertz CT molecular complexity index is 865. The molecule has 0 bridgehead atoms. The van der Waals surface area contributed by atoms with E-state index in [0.717, 1.165) is 24.8 Å². The van der Waals surface area contributed by atoms with E-state index in [-0.39, 0.29) is 24.2 Å². The minimum atomic E-state index is -0.545. The van der Waals surface area contributed by atoms with Crippen LogP contribution in [0.15, 0.2) is 24.4 Å². The number of methoxy groups -OCH3 is 1. The second-order valence-corrected chi connectivity index (χ2v) is 7.10. The zero-order valence-electron chi connectivity index (χ0n) is 18.0. The van der Waals surface area contributed by atoms with E-state index in [1.54, 1.807) is 18.6 Å². The molecule has 1 N–H and O–H groups in total. The molecule has 0 saturated heterocycles. The highest BCUT2D eigenvalue weighted by molar-refractivity contribution is 5.76. The van der Waals surface area contributed by atoms with Crippen molar-refractivity contribution in [2.45, 2.75) is 59.0 Å². The molecule has 1 atom stereocenters. The maximum Gasteiger partial charge on any atom is 0.381 e. The number of carbonyl (C=O) groups excluding carboxylic acids is 1. The first-order valence-corrected chi connectivity index (χ1v) is 10.1. The largest absolute Gasteiger partial charge is 0.493 e. The third-order valence-corrected chi connectivity index (χ3v) is 4.80. The highest BCUT2D eigenvalue weighted by Crippen LogP contribution is 2.30. The van der Waals surface area contributed by atoms with Crippen molar-refractivity contribution in [2.75, 3.05) is 13.7 Å². The van der Waals surface area contributed by atoms with E-state index in [1.165, 1.54) is 6.20 Å². The SMILES string of the molecule is CCCCCOc1ccc(C(C)NC(=O)CCn2cc([N+](=O)[O-])nc2C)cc1OC. The standard InChI is InChI=1S/C21H30N4O5/c1-5-6-7-12-30-18-9-8-17(13-19(18)29-4)15(2)22-21(26)10-11-24-14-20(25(27)28)23-16(24)3/h8-9,13-15H,5-7,10-12H2,1-4H3,(H,22,26). The summed E-state index contributed by atoms with van der Waals surface area (Å²) in [6.45, 7) is 6.67. The third-order valence-electron chi connectivity index (χ3n) is 4.80. The second-order valence-electron chi connectivity index (χ2n) is 7.10. The van der Waals surface area contributed by atoms with Crippen LogP contribution in [0, 0.1) is 17.0 Å². The smallest absolute Gasteiger partial charge is 0.381 e. The molecule has 0 saturated carbocycles. The summed E-state index contributed by atoms with van der Waals surface area (Å²) in [4.78, 5) is 26.5. The number of hydrogen-bond donors (Lipinski definition) is 1. The van der Waals surface area contributed by atoms with E-state index < -0.39 is 4.92 Å². The van der Waals surface area contributed by atoms with Crippen molar-refractivity contribution in [1.29, 1.82) is 0 Å². The number of imidazole rings is 1. The Hall–Kier alpha value is -3.10. The number of nitrogens with zero attached hydrogens (tertiary/aromatic N) is 3. The van der Waals surface area contributed by atoms with Crippen molar-refractivity contribution in [2.24, 2.45) is 0 Å². The lowest BCUT2D eigenvalue weighted by Gasteiger charge is -2.17. The molecule has 0 aliphatic heterocycles. The van der Waals surface area contributed by atoms with Gasteiger partial charge in [-0.1, -0.05) is 25.8 Å². The number of amides is 1. The summed E-state index contributed by atoms with van der Waals surface area (Å²) in [6, 6.07) is 5.41. The number of nitrogens with one attached hydrogen (secondary N) is 1. The van der Waals surface area contributed by atoms with Crippen LogP contribution in [0.2, 0.25) is 0 Å². The number of nitro groups is 1. The van der Waals surface area contributed by atoms with Gasteiger partial charge < -0.3 is 29.5 Å². The highest BCUT2D eigenvalue weighted by atomic mass is 16.6. The number of hydrogen-bond acceptors (Lipinski definition) is 6. The van der Waals surface area contributed by atoms with Crippen LogP contribution in [-0.2, 0) is 11.3 Å². The summed E-state index contributed by atoms with van der Waals surface area (Å²) in [5.41, 5.74) is 0.899. The summed E-state index contributed by atoms with van der Waals surface area (Å²) in [6.07, 6.45) is 4.78. The minimum Gasteiger partial charge on any atom is -0.493 e. The predicted molar refractivity (Wildman–Crippen MR) is 113 cm³/mol. The minimum absolute atomic E-state index is 0.155. The molecule has 0 spiro atoms. The number of carbonyl (C=O) groups is 1. The Kier molecular flexibility index (Phi) is 8.64. The van der Waals surface area contributed by atoms with Crippen LogP contribution < -0.4 is 14.8 Å². The normalized spacial score (nSPS) is 11.7. The summed E-state index contributed by atoms with van der Waals surface area (Å²) < 4.78 is 12.8. The molecule has 0 radical (unpaired) electrons. The van der Waals surface area contributed by atoms with Crippen LogP contribution in [0.1, 0.15) is 57.0 Å². The van der Waals surface area contributed by atoms with Crippen molar-refractivity contribution in [3.8, 4) is 11.5 Å². The zero-order chi connectivity index (χ0) is 22.1. The van der Waals surface area contributed by atoms with Gasteiger partial charge in [-0.3, -0.25) is 4.79 Å². The number of benzene rings is 1. The second kappa shape index (κ2) is 11.2. The van der Waals surface area contributed by atoms with Crippen molar-refractivity contribution >= 4 is 11.7 Å². The first-order chi connectivity index (χ1) is 14.3. The average Bonchev–Trinajstić information content (AvgIpc) is 3.10. The molecule has 164 valence electrons. The van der Waals surface area contributed by atoms with E-state index in [0.29, 0.717) is 30.5 Å². The molecule has 9 heteroatoms. The maximum atomic E-state index is 12.3. The lowest BCUT2D eigenvalue weighted by Crippen LogP contribution is -2.27. The molecule has 1 heterocycles. The number of aryl methyl sites for hydroxylation is 2. The molecule has 1 unspecified atom stereocenters. The van der Waals surface area contributed by atoms with Gasteiger partial charge in [0.05, 0.1) is 19.8 Å². The summed E-state index contributed by atoms with van der Waals surface area (Å²) in [7, 11) is 1.59. The van der Waals surface area contributed by atoms with Gasteiger partial charge >= 0.3 is 5.82 Å². The Morgan fingerprint density at radius 3 is 2.73 bits per heavy atom. The van der Waals surface area contributed by atoms with Crippen molar-refractivity contribution in [3.63, 3.8) is 0 Å². The number of ether oxygens (including phenoxy) is 2. The van der Waals surface area contributed by atoms with E-state index in [1.807, 2.05) is 25.1 Å². The van der Waals surface area contributed by atoms with Crippen LogP contribution in [0.3, 0.4) is 0 Å². The lowest BCUT2D eigenvalue weighted by molar-refractivity contribution is -0.389. The van der Waals surface area contributed by atoms with Gasteiger partial charge in [-0.25, -0.2) is 0 Å². The molecule has 2 rings (SSSR count). The van der Waals surface area contributed by atoms with E-state index >= 15 is 0 Å². The highest BCUT2D eigenvalue weighted by Gasteiger charge is 2.17. The van der Waals surface area contributed by atoms with Crippen LogP contribution in [0.4, 0.5) is 5.82 Å². The average molecular weight is 418 g/mol. The summed E-state index contributed by atoms with van der Waals surface area (Å²) in [5, 5.41) is 13.7. The fourth-order valence-corrected chi connectivity index (χ4v) is 3.03. The predicted octanol–water partition coefficient (Wildman–Crippen LogP) is 3.94.